The largest absolute Gasteiger partial charge is 0.496 e. The van der Waals surface area contributed by atoms with Gasteiger partial charge in [-0.1, -0.05) is 18.2 Å². The SMILES string of the molecule is COc1cc(OC)c(-c2cc(-c3ccc(Oc4ccccc4)cc3)nc(N)c2C#N)c(OC)c1. The third kappa shape index (κ3) is 4.43. The molecule has 34 heavy (non-hydrogen) atoms. The van der Waals surface area contributed by atoms with Crippen molar-refractivity contribution >= 4 is 5.82 Å². The van der Waals surface area contributed by atoms with Gasteiger partial charge in [0.25, 0.3) is 0 Å². The molecule has 170 valence electrons. The minimum absolute atomic E-state index is 0.111. The normalized spacial score (nSPS) is 10.3. The number of ether oxygens (including phenoxy) is 4. The summed E-state index contributed by atoms with van der Waals surface area (Å²) in [5.74, 6) is 3.07. The van der Waals surface area contributed by atoms with Crippen LogP contribution in [-0.2, 0) is 0 Å². The molecule has 0 saturated carbocycles. The average molecular weight is 453 g/mol. The minimum atomic E-state index is 0.111. The van der Waals surface area contributed by atoms with E-state index in [0.29, 0.717) is 39.8 Å². The van der Waals surface area contributed by atoms with E-state index in [0.717, 1.165) is 11.3 Å². The van der Waals surface area contributed by atoms with Gasteiger partial charge in [-0.3, -0.25) is 0 Å². The van der Waals surface area contributed by atoms with Crippen molar-refractivity contribution in [2.75, 3.05) is 27.1 Å². The second kappa shape index (κ2) is 9.84. The number of para-hydroxylation sites is 1. The summed E-state index contributed by atoms with van der Waals surface area (Å²) in [4.78, 5) is 4.47. The molecule has 0 saturated heterocycles. The molecule has 7 heteroatoms. The van der Waals surface area contributed by atoms with Crippen molar-refractivity contribution in [2.24, 2.45) is 0 Å². The lowest BCUT2D eigenvalue weighted by molar-refractivity contribution is 0.377. The Balaban J connectivity index is 1.80. The number of pyridine rings is 1. The highest BCUT2D eigenvalue weighted by atomic mass is 16.5. The Hall–Kier alpha value is -4.70. The third-order valence-electron chi connectivity index (χ3n) is 5.27. The molecular weight excluding hydrogens is 430 g/mol. The Morgan fingerprint density at radius 2 is 1.38 bits per heavy atom. The average Bonchev–Trinajstić information content (AvgIpc) is 2.88. The smallest absolute Gasteiger partial charge is 0.142 e. The molecule has 0 atom stereocenters. The molecule has 7 nitrogen and oxygen atoms in total. The standard InChI is InChI=1S/C27H23N3O4/c1-31-20-13-24(32-2)26(25(14-20)33-3)21-15-23(30-27(29)22(21)16-28)17-9-11-19(12-10-17)34-18-7-5-4-6-8-18/h4-15H,1-3H3,(H2,29,30). The number of methoxy groups -OCH3 is 3. The summed E-state index contributed by atoms with van der Waals surface area (Å²) in [6.07, 6.45) is 0. The van der Waals surface area contributed by atoms with Crippen molar-refractivity contribution < 1.29 is 18.9 Å². The van der Waals surface area contributed by atoms with Crippen molar-refractivity contribution in [3.8, 4) is 57.2 Å². The second-order valence-corrected chi connectivity index (χ2v) is 7.27. The molecule has 0 spiro atoms. The molecule has 3 aromatic carbocycles. The molecule has 0 aliphatic carbocycles. The van der Waals surface area contributed by atoms with Crippen LogP contribution in [-0.4, -0.2) is 26.3 Å². The van der Waals surface area contributed by atoms with Crippen LogP contribution in [0.1, 0.15) is 5.56 Å². The lowest BCUT2D eigenvalue weighted by Gasteiger charge is -2.17. The number of nitriles is 1. The van der Waals surface area contributed by atoms with Crippen molar-refractivity contribution in [3.05, 3.63) is 78.4 Å². The van der Waals surface area contributed by atoms with E-state index in [1.54, 1.807) is 39.5 Å². The van der Waals surface area contributed by atoms with E-state index in [2.05, 4.69) is 11.1 Å². The first-order chi connectivity index (χ1) is 16.6. The van der Waals surface area contributed by atoms with Gasteiger partial charge in [-0.25, -0.2) is 4.98 Å². The number of anilines is 1. The Bertz CT molecular complexity index is 1320. The summed E-state index contributed by atoms with van der Waals surface area (Å²) in [5.41, 5.74) is 8.98. The van der Waals surface area contributed by atoms with Crippen molar-refractivity contribution in [3.63, 3.8) is 0 Å². The van der Waals surface area contributed by atoms with E-state index >= 15 is 0 Å². The van der Waals surface area contributed by atoms with Gasteiger partial charge in [-0.05, 0) is 42.5 Å². The highest BCUT2D eigenvalue weighted by Gasteiger charge is 2.21. The second-order valence-electron chi connectivity index (χ2n) is 7.27. The Morgan fingerprint density at radius 3 is 1.94 bits per heavy atom. The highest BCUT2D eigenvalue weighted by Crippen LogP contribution is 2.44. The summed E-state index contributed by atoms with van der Waals surface area (Å²) in [5, 5.41) is 9.83. The van der Waals surface area contributed by atoms with E-state index in [1.165, 1.54) is 0 Å². The fourth-order valence-electron chi connectivity index (χ4n) is 3.62. The number of nitrogen functional groups attached to an aromatic ring is 1. The van der Waals surface area contributed by atoms with E-state index < -0.39 is 0 Å². The van der Waals surface area contributed by atoms with Crippen LogP contribution in [0.5, 0.6) is 28.7 Å². The maximum absolute atomic E-state index is 9.83. The summed E-state index contributed by atoms with van der Waals surface area (Å²) in [6.45, 7) is 0. The molecule has 0 fully saturated rings. The summed E-state index contributed by atoms with van der Waals surface area (Å²) < 4.78 is 22.4. The third-order valence-corrected chi connectivity index (χ3v) is 5.27. The van der Waals surface area contributed by atoms with Gasteiger partial charge in [-0.2, -0.15) is 5.26 Å². The summed E-state index contributed by atoms with van der Waals surface area (Å²) in [6, 6.07) is 24.4. The fourth-order valence-corrected chi connectivity index (χ4v) is 3.62. The van der Waals surface area contributed by atoms with Gasteiger partial charge >= 0.3 is 0 Å². The molecule has 0 bridgehead atoms. The zero-order valence-electron chi connectivity index (χ0n) is 19.0. The van der Waals surface area contributed by atoms with Gasteiger partial charge in [0.2, 0.25) is 0 Å². The molecule has 4 aromatic rings. The zero-order valence-corrected chi connectivity index (χ0v) is 19.0. The first-order valence-corrected chi connectivity index (χ1v) is 10.4. The van der Waals surface area contributed by atoms with Crippen LogP contribution in [0, 0.1) is 11.3 Å². The van der Waals surface area contributed by atoms with Crippen LogP contribution in [0.4, 0.5) is 5.82 Å². The number of nitrogens with two attached hydrogens (primary N) is 1. The molecule has 0 radical (unpaired) electrons. The Kier molecular flexibility index (Phi) is 6.51. The highest BCUT2D eigenvalue weighted by molar-refractivity contribution is 5.87. The Labute approximate surface area is 197 Å². The van der Waals surface area contributed by atoms with Crippen LogP contribution in [0.25, 0.3) is 22.4 Å². The molecule has 0 amide bonds. The maximum Gasteiger partial charge on any atom is 0.142 e. The van der Waals surface area contributed by atoms with Crippen molar-refractivity contribution in [1.82, 2.24) is 4.98 Å². The van der Waals surface area contributed by atoms with Gasteiger partial charge in [-0.15, -0.1) is 0 Å². The van der Waals surface area contributed by atoms with E-state index in [9.17, 15) is 5.26 Å². The number of aromatic nitrogens is 1. The first-order valence-electron chi connectivity index (χ1n) is 10.4. The monoisotopic (exact) mass is 453 g/mol. The van der Waals surface area contributed by atoms with Gasteiger partial charge in [0, 0.05) is 23.3 Å². The molecule has 4 rings (SSSR count). The fraction of sp³-hybridized carbons (Fsp3) is 0.111. The van der Waals surface area contributed by atoms with Gasteiger partial charge < -0.3 is 24.7 Å². The van der Waals surface area contributed by atoms with Crippen molar-refractivity contribution in [2.45, 2.75) is 0 Å². The molecule has 0 aliphatic heterocycles. The number of hydrogen-bond donors (Lipinski definition) is 1. The quantitative estimate of drug-likeness (QED) is 0.384. The number of nitrogens with zero attached hydrogens (tertiary/aromatic N) is 2. The van der Waals surface area contributed by atoms with E-state index in [4.69, 9.17) is 24.7 Å². The van der Waals surface area contributed by atoms with Crippen LogP contribution in [0.15, 0.2) is 72.8 Å². The predicted molar refractivity (Wildman–Crippen MR) is 130 cm³/mol. The molecular formula is C27H23N3O4. The van der Waals surface area contributed by atoms with Crippen LogP contribution < -0.4 is 24.7 Å². The van der Waals surface area contributed by atoms with Gasteiger partial charge in [0.1, 0.15) is 46.2 Å². The molecule has 2 N–H and O–H groups in total. The molecule has 1 aromatic heterocycles. The predicted octanol–water partition coefficient (Wildman–Crippen LogP) is 5.69. The first kappa shape index (κ1) is 22.5. The maximum atomic E-state index is 9.83. The topological polar surface area (TPSA) is 99.6 Å². The van der Waals surface area contributed by atoms with Gasteiger partial charge in [0.05, 0.1) is 32.6 Å². The van der Waals surface area contributed by atoms with Crippen LogP contribution in [0.3, 0.4) is 0 Å². The molecule has 0 unspecified atom stereocenters. The van der Waals surface area contributed by atoms with Crippen LogP contribution >= 0.6 is 0 Å². The summed E-state index contributed by atoms with van der Waals surface area (Å²) in [7, 11) is 4.64. The lowest BCUT2D eigenvalue weighted by Crippen LogP contribution is -2.02. The zero-order chi connectivity index (χ0) is 24.1. The minimum Gasteiger partial charge on any atom is -0.496 e. The van der Waals surface area contributed by atoms with Crippen molar-refractivity contribution in [1.29, 1.82) is 5.26 Å². The number of hydrogen-bond acceptors (Lipinski definition) is 7. The number of rotatable bonds is 7. The summed E-state index contributed by atoms with van der Waals surface area (Å²) >= 11 is 0. The molecule has 1 heterocycles. The Morgan fingerprint density at radius 1 is 0.765 bits per heavy atom. The van der Waals surface area contributed by atoms with E-state index in [-0.39, 0.29) is 11.4 Å². The van der Waals surface area contributed by atoms with Gasteiger partial charge in [0.15, 0.2) is 0 Å². The van der Waals surface area contributed by atoms with Crippen LogP contribution in [0.2, 0.25) is 0 Å². The lowest BCUT2D eigenvalue weighted by atomic mass is 9.96. The van der Waals surface area contributed by atoms with E-state index in [1.807, 2.05) is 54.6 Å². The molecule has 0 aliphatic rings. The number of benzene rings is 3.